The summed E-state index contributed by atoms with van der Waals surface area (Å²) in [6.45, 7) is 5.57. The molecule has 0 heterocycles. The van der Waals surface area contributed by atoms with E-state index in [9.17, 15) is 12.8 Å². The van der Waals surface area contributed by atoms with Crippen LogP contribution in [0.25, 0.3) is 0 Å². The molecule has 0 aromatic heterocycles. The van der Waals surface area contributed by atoms with Crippen molar-refractivity contribution in [2.45, 2.75) is 31.3 Å². The van der Waals surface area contributed by atoms with Crippen LogP contribution in [0, 0.1) is 5.82 Å². The Morgan fingerprint density at radius 3 is 2.44 bits per heavy atom. The molecule has 1 aromatic carbocycles. The Hall–Kier alpha value is -1.14. The van der Waals surface area contributed by atoms with E-state index >= 15 is 0 Å². The van der Waals surface area contributed by atoms with Gasteiger partial charge in [-0.1, -0.05) is 0 Å². The number of ether oxygens (including phenoxy) is 1. The second-order valence-corrected chi connectivity index (χ2v) is 7.07. The molecule has 18 heavy (non-hydrogen) atoms. The molecule has 0 saturated heterocycles. The summed E-state index contributed by atoms with van der Waals surface area (Å²) >= 11 is 0. The van der Waals surface area contributed by atoms with Gasteiger partial charge in [0.25, 0.3) is 0 Å². The fourth-order valence-electron chi connectivity index (χ4n) is 1.28. The molecule has 0 radical (unpaired) electrons. The lowest BCUT2D eigenvalue weighted by molar-refractivity contribution is 0.00644. The molecule has 0 aliphatic carbocycles. The van der Waals surface area contributed by atoms with E-state index < -0.39 is 21.3 Å². The summed E-state index contributed by atoms with van der Waals surface area (Å²) in [7, 11) is -3.54. The van der Waals surface area contributed by atoms with E-state index in [0.29, 0.717) is 0 Å². The van der Waals surface area contributed by atoms with Crippen molar-refractivity contribution in [2.75, 3.05) is 18.1 Å². The predicted molar refractivity (Wildman–Crippen MR) is 68.6 cm³/mol. The first-order valence-electron chi connectivity index (χ1n) is 5.53. The summed E-state index contributed by atoms with van der Waals surface area (Å²) in [5.74, 6) is -0.916. The van der Waals surface area contributed by atoms with E-state index in [1.165, 1.54) is 12.1 Å². The van der Waals surface area contributed by atoms with Crippen LogP contribution in [0.4, 0.5) is 10.1 Å². The number of nitrogen functional groups attached to an aromatic ring is 1. The van der Waals surface area contributed by atoms with Gasteiger partial charge in [-0.2, -0.15) is 0 Å². The van der Waals surface area contributed by atoms with Gasteiger partial charge in [0.15, 0.2) is 9.84 Å². The van der Waals surface area contributed by atoms with Crippen molar-refractivity contribution in [1.29, 1.82) is 0 Å². The van der Waals surface area contributed by atoms with Crippen LogP contribution in [0.1, 0.15) is 20.8 Å². The van der Waals surface area contributed by atoms with Crippen molar-refractivity contribution in [3.63, 3.8) is 0 Å². The molecule has 0 unspecified atom stereocenters. The van der Waals surface area contributed by atoms with Gasteiger partial charge in [0.1, 0.15) is 5.82 Å². The van der Waals surface area contributed by atoms with Gasteiger partial charge in [0.05, 0.1) is 28.5 Å². The van der Waals surface area contributed by atoms with Crippen molar-refractivity contribution in [2.24, 2.45) is 0 Å². The quantitative estimate of drug-likeness (QED) is 0.853. The molecule has 4 nitrogen and oxygen atoms in total. The Kier molecular flexibility index (Phi) is 4.34. The van der Waals surface area contributed by atoms with Crippen LogP contribution < -0.4 is 5.73 Å². The van der Waals surface area contributed by atoms with Gasteiger partial charge in [0.2, 0.25) is 0 Å². The summed E-state index contributed by atoms with van der Waals surface area (Å²) in [6.07, 6.45) is 0. The summed E-state index contributed by atoms with van der Waals surface area (Å²) in [5, 5.41) is 0. The Morgan fingerprint density at radius 2 is 1.94 bits per heavy atom. The van der Waals surface area contributed by atoms with Crippen molar-refractivity contribution in [3.8, 4) is 0 Å². The summed E-state index contributed by atoms with van der Waals surface area (Å²) in [4.78, 5) is -0.0771. The maximum atomic E-state index is 13.2. The Morgan fingerprint density at radius 1 is 1.33 bits per heavy atom. The second kappa shape index (κ2) is 5.24. The zero-order chi connectivity index (χ0) is 14.0. The smallest absolute Gasteiger partial charge is 0.180 e. The molecule has 0 saturated carbocycles. The standard InChI is InChI=1S/C12H18FNO3S/c1-12(2,3)17-6-7-18(15,16)9-4-5-11(14)10(13)8-9/h4-5,8H,6-7,14H2,1-3H3. The first-order valence-corrected chi connectivity index (χ1v) is 7.19. The maximum absolute atomic E-state index is 13.2. The first-order chi connectivity index (χ1) is 8.12. The highest BCUT2D eigenvalue weighted by Crippen LogP contribution is 2.18. The molecular weight excluding hydrogens is 257 g/mol. The van der Waals surface area contributed by atoms with Crippen LogP contribution in [0.5, 0.6) is 0 Å². The fraction of sp³-hybridized carbons (Fsp3) is 0.500. The summed E-state index contributed by atoms with van der Waals surface area (Å²) in [6, 6.07) is 3.47. The SMILES string of the molecule is CC(C)(C)OCCS(=O)(=O)c1ccc(N)c(F)c1. The molecule has 102 valence electrons. The van der Waals surface area contributed by atoms with Crippen molar-refractivity contribution >= 4 is 15.5 Å². The maximum Gasteiger partial charge on any atom is 0.180 e. The van der Waals surface area contributed by atoms with Gasteiger partial charge < -0.3 is 10.5 Å². The minimum absolute atomic E-state index is 0.0673. The molecule has 0 amide bonds. The number of halogens is 1. The minimum Gasteiger partial charge on any atom is -0.396 e. The third-order valence-corrected chi connectivity index (χ3v) is 3.89. The van der Waals surface area contributed by atoms with Crippen LogP contribution in [0.15, 0.2) is 23.1 Å². The molecule has 1 rings (SSSR count). The monoisotopic (exact) mass is 275 g/mol. The normalized spacial score (nSPS) is 12.7. The van der Waals surface area contributed by atoms with E-state index in [1.807, 2.05) is 20.8 Å². The highest BCUT2D eigenvalue weighted by molar-refractivity contribution is 7.91. The molecule has 0 fully saturated rings. The number of nitrogens with two attached hydrogens (primary N) is 1. The topological polar surface area (TPSA) is 69.4 Å². The zero-order valence-electron chi connectivity index (χ0n) is 10.7. The van der Waals surface area contributed by atoms with Gasteiger partial charge in [-0.3, -0.25) is 0 Å². The molecule has 0 aliphatic rings. The van der Waals surface area contributed by atoms with Crippen LogP contribution in [0.3, 0.4) is 0 Å². The molecule has 0 aliphatic heterocycles. The number of anilines is 1. The summed E-state index contributed by atoms with van der Waals surface area (Å²) < 4.78 is 42.3. The third kappa shape index (κ3) is 4.27. The van der Waals surface area contributed by atoms with E-state index in [0.717, 1.165) is 6.07 Å². The lowest BCUT2D eigenvalue weighted by atomic mass is 10.2. The molecule has 6 heteroatoms. The minimum atomic E-state index is -3.54. The van der Waals surface area contributed by atoms with Crippen LogP contribution in [-0.4, -0.2) is 26.4 Å². The largest absolute Gasteiger partial charge is 0.396 e. The van der Waals surface area contributed by atoms with Gasteiger partial charge in [-0.05, 0) is 39.0 Å². The zero-order valence-corrected chi connectivity index (χ0v) is 11.6. The van der Waals surface area contributed by atoms with Crippen LogP contribution in [-0.2, 0) is 14.6 Å². The molecule has 0 bridgehead atoms. The van der Waals surface area contributed by atoms with Crippen molar-refractivity contribution < 1.29 is 17.5 Å². The third-order valence-electron chi connectivity index (χ3n) is 2.22. The lowest BCUT2D eigenvalue weighted by Gasteiger charge is -2.19. The summed E-state index contributed by atoms with van der Waals surface area (Å²) in [5.41, 5.74) is 4.82. The number of benzene rings is 1. The van der Waals surface area contributed by atoms with E-state index in [2.05, 4.69) is 0 Å². The number of hydrogen-bond donors (Lipinski definition) is 1. The molecule has 0 atom stereocenters. The van der Waals surface area contributed by atoms with Gasteiger partial charge >= 0.3 is 0 Å². The molecule has 1 aromatic rings. The van der Waals surface area contributed by atoms with Gasteiger partial charge in [-0.15, -0.1) is 0 Å². The fourth-order valence-corrected chi connectivity index (χ4v) is 2.37. The average Bonchev–Trinajstić information content (AvgIpc) is 2.19. The van der Waals surface area contributed by atoms with E-state index in [-0.39, 0.29) is 22.9 Å². The van der Waals surface area contributed by atoms with Crippen molar-refractivity contribution in [1.82, 2.24) is 0 Å². The van der Waals surface area contributed by atoms with Crippen LogP contribution >= 0.6 is 0 Å². The van der Waals surface area contributed by atoms with Gasteiger partial charge in [0, 0.05) is 0 Å². The molecule has 0 spiro atoms. The number of sulfone groups is 1. The average molecular weight is 275 g/mol. The highest BCUT2D eigenvalue weighted by atomic mass is 32.2. The number of hydrogen-bond acceptors (Lipinski definition) is 4. The van der Waals surface area contributed by atoms with Crippen LogP contribution in [0.2, 0.25) is 0 Å². The highest BCUT2D eigenvalue weighted by Gasteiger charge is 2.18. The van der Waals surface area contributed by atoms with E-state index in [4.69, 9.17) is 10.5 Å². The second-order valence-electron chi connectivity index (χ2n) is 4.96. The molecular formula is C12H18FNO3S. The number of rotatable bonds is 4. The Balaban J connectivity index is 2.77. The lowest BCUT2D eigenvalue weighted by Crippen LogP contribution is -2.23. The van der Waals surface area contributed by atoms with Crippen molar-refractivity contribution in [3.05, 3.63) is 24.0 Å². The molecule has 2 N–H and O–H groups in total. The predicted octanol–water partition coefficient (Wildman–Crippen LogP) is 2.00. The first kappa shape index (κ1) is 14.9. The Labute approximate surface area is 107 Å². The van der Waals surface area contributed by atoms with E-state index in [1.54, 1.807) is 0 Å². The van der Waals surface area contributed by atoms with Gasteiger partial charge in [-0.25, -0.2) is 12.8 Å². The Bertz CT molecular complexity index is 521.